The molecule has 140 valence electrons. The molecule has 8 nitrogen and oxygen atoms in total. The van der Waals surface area contributed by atoms with Gasteiger partial charge in [0.15, 0.2) is 5.13 Å². The zero-order valence-corrected chi connectivity index (χ0v) is 15.5. The molecule has 3 rings (SSSR count). The summed E-state index contributed by atoms with van der Waals surface area (Å²) in [5.74, 6) is -0.499. The van der Waals surface area contributed by atoms with Crippen molar-refractivity contribution in [3.05, 3.63) is 29.0 Å². The van der Waals surface area contributed by atoms with Crippen LogP contribution in [0.3, 0.4) is 0 Å². The zero-order valence-electron chi connectivity index (χ0n) is 14.7. The van der Waals surface area contributed by atoms with Gasteiger partial charge < -0.3 is 10.4 Å². The van der Waals surface area contributed by atoms with Crippen LogP contribution in [0, 0.1) is 12.8 Å². The van der Waals surface area contributed by atoms with E-state index in [2.05, 4.69) is 20.3 Å². The largest absolute Gasteiger partial charge is 0.477 e. The van der Waals surface area contributed by atoms with Crippen molar-refractivity contribution in [3.8, 4) is 0 Å². The molecule has 0 aromatic carbocycles. The molecule has 2 aromatic heterocycles. The zero-order chi connectivity index (χ0) is 18.5. The molecule has 1 aliphatic rings. The number of carboxylic acids is 1. The Morgan fingerprint density at radius 1 is 1.38 bits per heavy atom. The van der Waals surface area contributed by atoms with Gasteiger partial charge in [-0.1, -0.05) is 11.3 Å². The number of carboxylic acid groups (broad SMARTS) is 1. The van der Waals surface area contributed by atoms with E-state index in [0.29, 0.717) is 23.3 Å². The molecule has 0 saturated carbocycles. The predicted octanol–water partition coefficient (Wildman–Crippen LogP) is 2.09. The molecule has 0 unspecified atom stereocenters. The van der Waals surface area contributed by atoms with E-state index >= 15 is 0 Å². The number of aryl methyl sites for hydroxylation is 2. The number of carbonyl (C=O) groups excluding carboxylic acids is 1. The van der Waals surface area contributed by atoms with E-state index in [0.717, 1.165) is 50.2 Å². The molecule has 9 heteroatoms. The number of piperidine rings is 1. The first-order valence-electron chi connectivity index (χ1n) is 8.71. The van der Waals surface area contributed by atoms with Crippen molar-refractivity contribution in [2.24, 2.45) is 5.92 Å². The lowest BCUT2D eigenvalue weighted by atomic mass is 9.93. The van der Waals surface area contributed by atoms with Gasteiger partial charge in [0.2, 0.25) is 5.91 Å². The summed E-state index contributed by atoms with van der Waals surface area (Å²) < 4.78 is 1.96. The van der Waals surface area contributed by atoms with Crippen molar-refractivity contribution >= 4 is 28.3 Å². The SMILES string of the molecule is Cc1nc(NC(=O)CN2CCC(CCn3cccn3)CC2)sc1C(=O)O. The van der Waals surface area contributed by atoms with Crippen molar-refractivity contribution < 1.29 is 14.7 Å². The van der Waals surface area contributed by atoms with E-state index in [9.17, 15) is 9.59 Å². The van der Waals surface area contributed by atoms with E-state index in [4.69, 9.17) is 5.11 Å². The van der Waals surface area contributed by atoms with Crippen molar-refractivity contribution in [2.75, 3.05) is 25.0 Å². The first kappa shape index (κ1) is 18.5. The predicted molar refractivity (Wildman–Crippen MR) is 98.4 cm³/mol. The standard InChI is InChI=1S/C17H23N5O3S/c1-12-15(16(24)25)26-17(19-12)20-14(23)11-21-8-3-13(4-9-21)5-10-22-7-2-6-18-22/h2,6-7,13H,3-5,8-11H2,1H3,(H,24,25)(H,19,20,23). The maximum Gasteiger partial charge on any atom is 0.347 e. The molecule has 0 spiro atoms. The van der Waals surface area contributed by atoms with Crippen molar-refractivity contribution in [1.82, 2.24) is 19.7 Å². The summed E-state index contributed by atoms with van der Waals surface area (Å²) in [5.41, 5.74) is 0.427. The minimum atomic E-state index is -1.02. The number of thiazole rings is 1. The lowest BCUT2D eigenvalue weighted by molar-refractivity contribution is -0.117. The number of aromatic carboxylic acids is 1. The quantitative estimate of drug-likeness (QED) is 0.766. The fourth-order valence-electron chi connectivity index (χ4n) is 3.19. The molecule has 1 fully saturated rings. The third-order valence-corrected chi connectivity index (χ3v) is 5.70. The first-order valence-corrected chi connectivity index (χ1v) is 9.53. The third-order valence-electron chi connectivity index (χ3n) is 4.64. The molecule has 0 bridgehead atoms. The summed E-state index contributed by atoms with van der Waals surface area (Å²) in [6.07, 6.45) is 7.04. The molecule has 1 amide bonds. The number of nitrogens with one attached hydrogen (secondary N) is 1. The maximum absolute atomic E-state index is 12.2. The Morgan fingerprint density at radius 2 is 2.15 bits per heavy atom. The Morgan fingerprint density at radius 3 is 2.77 bits per heavy atom. The number of hydrogen-bond donors (Lipinski definition) is 2. The fraction of sp³-hybridized carbons (Fsp3) is 0.529. The molecule has 0 atom stereocenters. The Labute approximate surface area is 155 Å². The molecule has 1 saturated heterocycles. The van der Waals surface area contributed by atoms with Crippen molar-refractivity contribution in [1.29, 1.82) is 0 Å². The van der Waals surface area contributed by atoms with Gasteiger partial charge in [0, 0.05) is 18.9 Å². The van der Waals surface area contributed by atoms with Gasteiger partial charge in [-0.05, 0) is 51.3 Å². The van der Waals surface area contributed by atoms with Crippen LogP contribution in [0.1, 0.15) is 34.6 Å². The summed E-state index contributed by atoms with van der Waals surface area (Å²) in [6.45, 7) is 4.67. The molecule has 0 aliphatic carbocycles. The van der Waals surface area contributed by atoms with Crippen molar-refractivity contribution in [2.45, 2.75) is 32.7 Å². The van der Waals surface area contributed by atoms with Gasteiger partial charge in [-0.2, -0.15) is 5.10 Å². The van der Waals surface area contributed by atoms with Crippen LogP contribution in [0.25, 0.3) is 0 Å². The van der Waals surface area contributed by atoms with E-state index in [1.54, 1.807) is 13.1 Å². The molecular weight excluding hydrogens is 354 g/mol. The highest BCUT2D eigenvalue weighted by atomic mass is 32.1. The van der Waals surface area contributed by atoms with Crippen LogP contribution in [0.2, 0.25) is 0 Å². The second kappa shape index (κ2) is 8.41. The molecule has 2 aromatic rings. The van der Waals surface area contributed by atoms with Crippen molar-refractivity contribution in [3.63, 3.8) is 0 Å². The number of carbonyl (C=O) groups is 2. The Bertz CT molecular complexity index is 751. The summed E-state index contributed by atoms with van der Waals surface area (Å²) in [4.78, 5) is 29.6. The maximum atomic E-state index is 12.2. The molecule has 2 N–H and O–H groups in total. The molecule has 26 heavy (non-hydrogen) atoms. The minimum Gasteiger partial charge on any atom is -0.477 e. The van der Waals surface area contributed by atoms with Crippen LogP contribution < -0.4 is 5.32 Å². The van der Waals surface area contributed by atoms with Gasteiger partial charge in [0.25, 0.3) is 0 Å². The minimum absolute atomic E-state index is 0.148. The van der Waals surface area contributed by atoms with Gasteiger partial charge in [-0.25, -0.2) is 9.78 Å². The summed E-state index contributed by atoms with van der Waals surface area (Å²) in [6, 6.07) is 1.94. The average Bonchev–Trinajstić information content (AvgIpc) is 3.23. The first-order chi connectivity index (χ1) is 12.5. The highest BCUT2D eigenvalue weighted by molar-refractivity contribution is 7.17. The second-order valence-corrected chi connectivity index (χ2v) is 7.56. The van der Waals surface area contributed by atoms with Gasteiger partial charge in [-0.3, -0.25) is 14.4 Å². The number of amides is 1. The van der Waals surface area contributed by atoms with Crippen LogP contribution >= 0.6 is 11.3 Å². The Hall–Kier alpha value is -2.26. The van der Waals surface area contributed by atoms with Crippen LogP contribution in [0.5, 0.6) is 0 Å². The van der Waals surface area contributed by atoms with E-state index in [1.807, 2.05) is 16.9 Å². The fourth-order valence-corrected chi connectivity index (χ4v) is 4.01. The number of rotatable bonds is 7. The number of likely N-dealkylation sites (tertiary alicyclic amines) is 1. The van der Waals surface area contributed by atoms with E-state index in [-0.39, 0.29) is 10.8 Å². The number of aromatic nitrogens is 3. The highest BCUT2D eigenvalue weighted by Gasteiger charge is 2.22. The average molecular weight is 377 g/mol. The van der Waals surface area contributed by atoms with Gasteiger partial charge in [0.1, 0.15) is 4.88 Å². The number of nitrogens with zero attached hydrogens (tertiary/aromatic N) is 4. The van der Waals surface area contributed by atoms with Crippen LogP contribution in [0.15, 0.2) is 18.5 Å². The summed E-state index contributed by atoms with van der Waals surface area (Å²) >= 11 is 0.994. The monoisotopic (exact) mass is 377 g/mol. The summed E-state index contributed by atoms with van der Waals surface area (Å²) in [7, 11) is 0. The highest BCUT2D eigenvalue weighted by Crippen LogP contribution is 2.23. The second-order valence-electron chi connectivity index (χ2n) is 6.56. The lowest BCUT2D eigenvalue weighted by Crippen LogP contribution is -2.39. The number of anilines is 1. The van der Waals surface area contributed by atoms with Gasteiger partial charge >= 0.3 is 5.97 Å². The van der Waals surface area contributed by atoms with Gasteiger partial charge in [-0.15, -0.1) is 0 Å². The third kappa shape index (κ3) is 4.89. The Balaban J connectivity index is 1.40. The van der Waals surface area contributed by atoms with Crippen LogP contribution in [0.4, 0.5) is 5.13 Å². The van der Waals surface area contributed by atoms with E-state index < -0.39 is 5.97 Å². The van der Waals surface area contributed by atoms with Crippen LogP contribution in [-0.2, 0) is 11.3 Å². The molecular formula is C17H23N5O3S. The lowest BCUT2D eigenvalue weighted by Gasteiger charge is -2.31. The topological polar surface area (TPSA) is 100 Å². The smallest absolute Gasteiger partial charge is 0.347 e. The Kier molecular flexibility index (Phi) is 6.00. The normalized spacial score (nSPS) is 15.9. The molecule has 3 heterocycles. The van der Waals surface area contributed by atoms with Crippen LogP contribution in [-0.4, -0.2) is 56.3 Å². The summed E-state index contributed by atoms with van der Waals surface area (Å²) in [5, 5.41) is 16.3. The molecule has 0 radical (unpaired) electrons. The van der Waals surface area contributed by atoms with Gasteiger partial charge in [0.05, 0.1) is 12.2 Å². The number of hydrogen-bond acceptors (Lipinski definition) is 6. The van der Waals surface area contributed by atoms with E-state index in [1.165, 1.54) is 0 Å². The molecule has 1 aliphatic heterocycles.